The van der Waals surface area contributed by atoms with Crippen LogP contribution in [-0.2, 0) is 16.6 Å². The number of benzene rings is 1. The van der Waals surface area contributed by atoms with E-state index in [2.05, 4.69) is 5.32 Å². The second-order valence-electron chi connectivity index (χ2n) is 4.95. The lowest BCUT2D eigenvalue weighted by Crippen LogP contribution is -2.30. The average Bonchev–Trinajstić information content (AvgIpc) is 2.90. The molecular formula is C16H17ClN2O3. The van der Waals surface area contributed by atoms with Gasteiger partial charge in [0.15, 0.2) is 6.10 Å². The summed E-state index contributed by atoms with van der Waals surface area (Å²) in [7, 11) is 1.73. The number of hydrogen-bond donors (Lipinski definition) is 1. The van der Waals surface area contributed by atoms with Crippen LogP contribution < -0.4 is 5.32 Å². The highest BCUT2D eigenvalue weighted by Crippen LogP contribution is 2.23. The lowest BCUT2D eigenvalue weighted by molar-refractivity contribution is -0.123. The molecule has 0 radical (unpaired) electrons. The Morgan fingerprint density at radius 1 is 1.27 bits per heavy atom. The lowest BCUT2D eigenvalue weighted by atomic mass is 10.2. The van der Waals surface area contributed by atoms with E-state index in [1.54, 1.807) is 55.1 Å². The normalized spacial score (nSPS) is 11.8. The van der Waals surface area contributed by atoms with Gasteiger partial charge in [-0.1, -0.05) is 17.7 Å². The number of nitrogens with zero attached hydrogens (tertiary/aromatic N) is 1. The molecule has 6 heteroatoms. The Labute approximate surface area is 133 Å². The zero-order chi connectivity index (χ0) is 16.3. The van der Waals surface area contributed by atoms with E-state index in [1.807, 2.05) is 0 Å². The number of ether oxygens (including phenoxy) is 1. The first-order valence-corrected chi connectivity index (χ1v) is 7.16. The molecule has 1 atom stereocenters. The maximum Gasteiger partial charge on any atom is 0.355 e. The number of anilines is 1. The smallest absolute Gasteiger partial charge is 0.355 e. The number of aromatic nitrogens is 1. The molecule has 1 heterocycles. The van der Waals surface area contributed by atoms with Crippen LogP contribution in [0.3, 0.4) is 0 Å². The van der Waals surface area contributed by atoms with E-state index in [1.165, 1.54) is 6.92 Å². The van der Waals surface area contributed by atoms with Crippen LogP contribution in [-0.4, -0.2) is 22.5 Å². The number of amides is 1. The lowest BCUT2D eigenvalue weighted by Gasteiger charge is -2.15. The molecule has 0 saturated carbocycles. The Bertz CT molecular complexity index is 709. The molecular weight excluding hydrogens is 304 g/mol. The molecule has 0 saturated heterocycles. The molecule has 0 bridgehead atoms. The maximum atomic E-state index is 12.1. The van der Waals surface area contributed by atoms with Crippen LogP contribution in [0.1, 0.15) is 23.0 Å². The van der Waals surface area contributed by atoms with Crippen molar-refractivity contribution in [2.24, 2.45) is 7.05 Å². The topological polar surface area (TPSA) is 60.3 Å². The van der Waals surface area contributed by atoms with Crippen molar-refractivity contribution >= 4 is 29.2 Å². The van der Waals surface area contributed by atoms with Gasteiger partial charge in [0, 0.05) is 24.0 Å². The minimum atomic E-state index is -0.916. The van der Waals surface area contributed by atoms with E-state index in [4.69, 9.17) is 16.3 Å². The highest BCUT2D eigenvalue weighted by atomic mass is 35.5. The molecule has 0 unspecified atom stereocenters. The first-order valence-electron chi connectivity index (χ1n) is 6.78. The van der Waals surface area contributed by atoms with Gasteiger partial charge in [0.2, 0.25) is 0 Å². The molecule has 0 aliphatic carbocycles. The van der Waals surface area contributed by atoms with Gasteiger partial charge >= 0.3 is 5.97 Å². The van der Waals surface area contributed by atoms with Crippen molar-refractivity contribution in [1.29, 1.82) is 0 Å². The van der Waals surface area contributed by atoms with Gasteiger partial charge in [-0.25, -0.2) is 4.79 Å². The highest BCUT2D eigenvalue weighted by molar-refractivity contribution is 6.31. The number of halogens is 1. The summed E-state index contributed by atoms with van der Waals surface area (Å²) in [4.78, 5) is 24.1. The van der Waals surface area contributed by atoms with Gasteiger partial charge in [-0.05, 0) is 43.7 Å². The van der Waals surface area contributed by atoms with Crippen LogP contribution in [0.5, 0.6) is 0 Å². The van der Waals surface area contributed by atoms with Crippen molar-refractivity contribution in [2.45, 2.75) is 20.0 Å². The summed E-state index contributed by atoms with van der Waals surface area (Å²) >= 11 is 6.01. The second-order valence-corrected chi connectivity index (χ2v) is 5.36. The fourth-order valence-corrected chi connectivity index (χ4v) is 2.10. The third-order valence-corrected chi connectivity index (χ3v) is 3.74. The van der Waals surface area contributed by atoms with E-state index in [-0.39, 0.29) is 0 Å². The Hall–Kier alpha value is -2.27. The first-order chi connectivity index (χ1) is 10.4. The van der Waals surface area contributed by atoms with Crippen LogP contribution in [0.25, 0.3) is 0 Å². The Kier molecular flexibility index (Phi) is 4.88. The van der Waals surface area contributed by atoms with Crippen molar-refractivity contribution in [3.63, 3.8) is 0 Å². The Morgan fingerprint density at radius 2 is 2.00 bits per heavy atom. The maximum absolute atomic E-state index is 12.1. The van der Waals surface area contributed by atoms with Gasteiger partial charge in [0.25, 0.3) is 5.91 Å². The quantitative estimate of drug-likeness (QED) is 0.880. The standard InChI is InChI=1S/C16H17ClN2O3/c1-10-12(17)6-4-7-13(10)18-15(20)11(2)22-16(21)14-8-5-9-19(14)3/h4-9,11H,1-3H3,(H,18,20)/t11-/m0/s1. The van der Waals surface area contributed by atoms with Gasteiger partial charge in [0.1, 0.15) is 5.69 Å². The van der Waals surface area contributed by atoms with Crippen LogP contribution in [0.4, 0.5) is 5.69 Å². The summed E-state index contributed by atoms with van der Waals surface area (Å²) in [6.07, 6.45) is 0.817. The van der Waals surface area contributed by atoms with E-state index in [0.717, 1.165) is 5.56 Å². The van der Waals surface area contributed by atoms with Crippen LogP contribution in [0, 0.1) is 6.92 Å². The third kappa shape index (κ3) is 3.49. The van der Waals surface area contributed by atoms with Crippen molar-refractivity contribution in [1.82, 2.24) is 4.57 Å². The van der Waals surface area contributed by atoms with Gasteiger partial charge in [-0.3, -0.25) is 4.79 Å². The van der Waals surface area contributed by atoms with E-state index >= 15 is 0 Å². The van der Waals surface area contributed by atoms with Gasteiger partial charge in [-0.2, -0.15) is 0 Å². The van der Waals surface area contributed by atoms with Crippen molar-refractivity contribution in [3.05, 3.63) is 52.8 Å². The van der Waals surface area contributed by atoms with E-state index < -0.39 is 18.0 Å². The van der Waals surface area contributed by atoms with Crippen molar-refractivity contribution in [3.8, 4) is 0 Å². The number of nitrogens with one attached hydrogen (secondary N) is 1. The van der Waals surface area contributed by atoms with Gasteiger partial charge in [0.05, 0.1) is 0 Å². The predicted octanol–water partition coefficient (Wildman–Crippen LogP) is 3.17. The Morgan fingerprint density at radius 3 is 2.64 bits per heavy atom. The summed E-state index contributed by atoms with van der Waals surface area (Å²) < 4.78 is 6.81. The number of rotatable bonds is 4. The van der Waals surface area contributed by atoms with Gasteiger partial charge < -0.3 is 14.6 Å². The summed E-state index contributed by atoms with van der Waals surface area (Å²) in [5.41, 5.74) is 1.75. The Balaban J connectivity index is 2.02. The SMILES string of the molecule is Cc1c(Cl)cccc1NC(=O)[C@H](C)OC(=O)c1cccn1C. The molecule has 1 N–H and O–H groups in total. The fraction of sp³-hybridized carbons (Fsp3) is 0.250. The zero-order valence-electron chi connectivity index (χ0n) is 12.6. The van der Waals surface area contributed by atoms with Crippen LogP contribution in [0.15, 0.2) is 36.5 Å². The zero-order valence-corrected chi connectivity index (χ0v) is 13.3. The predicted molar refractivity (Wildman–Crippen MR) is 85.1 cm³/mol. The molecule has 0 fully saturated rings. The summed E-state index contributed by atoms with van der Waals surface area (Å²) in [5.74, 6) is -0.953. The van der Waals surface area contributed by atoms with Crippen LogP contribution >= 0.6 is 11.6 Å². The second kappa shape index (κ2) is 6.66. The number of hydrogen-bond acceptors (Lipinski definition) is 3. The largest absolute Gasteiger partial charge is 0.448 e. The molecule has 1 aromatic heterocycles. The average molecular weight is 321 g/mol. The van der Waals surface area contributed by atoms with E-state index in [0.29, 0.717) is 16.4 Å². The molecule has 0 spiro atoms. The molecule has 1 aromatic carbocycles. The molecule has 1 amide bonds. The molecule has 2 rings (SSSR count). The van der Waals surface area contributed by atoms with Crippen molar-refractivity contribution in [2.75, 3.05) is 5.32 Å². The van der Waals surface area contributed by atoms with Gasteiger partial charge in [-0.15, -0.1) is 0 Å². The first kappa shape index (κ1) is 16.1. The number of carbonyl (C=O) groups is 2. The van der Waals surface area contributed by atoms with Crippen molar-refractivity contribution < 1.29 is 14.3 Å². The highest BCUT2D eigenvalue weighted by Gasteiger charge is 2.21. The summed E-state index contributed by atoms with van der Waals surface area (Å²) in [5, 5.41) is 3.27. The molecule has 2 aromatic rings. The minimum Gasteiger partial charge on any atom is -0.448 e. The minimum absolute atomic E-state index is 0.388. The summed E-state index contributed by atoms with van der Waals surface area (Å²) in [6, 6.07) is 8.59. The van der Waals surface area contributed by atoms with E-state index in [9.17, 15) is 9.59 Å². The molecule has 22 heavy (non-hydrogen) atoms. The number of esters is 1. The number of carbonyl (C=O) groups excluding carboxylic acids is 2. The number of aryl methyl sites for hydroxylation is 1. The molecule has 0 aliphatic heterocycles. The monoisotopic (exact) mass is 320 g/mol. The molecule has 5 nitrogen and oxygen atoms in total. The van der Waals surface area contributed by atoms with Crippen LogP contribution in [0.2, 0.25) is 5.02 Å². The summed E-state index contributed by atoms with van der Waals surface area (Å²) in [6.45, 7) is 3.33. The fourth-order valence-electron chi connectivity index (χ4n) is 1.92. The third-order valence-electron chi connectivity index (χ3n) is 3.33. The molecule has 0 aliphatic rings. The molecule has 116 valence electrons.